The second-order valence-corrected chi connectivity index (χ2v) is 3.79. The van der Waals surface area contributed by atoms with E-state index in [2.05, 4.69) is 12.6 Å². The molecular weight excluding hydrogens is 170 g/mol. The molecule has 0 spiro atoms. The summed E-state index contributed by atoms with van der Waals surface area (Å²) in [7, 11) is 0. The molecule has 1 unspecified atom stereocenters. The van der Waals surface area contributed by atoms with Gasteiger partial charge in [0, 0.05) is 12.8 Å². The van der Waals surface area contributed by atoms with Crippen molar-refractivity contribution in [2.75, 3.05) is 6.61 Å². The Bertz CT molecular complexity index is 130. The summed E-state index contributed by atoms with van der Waals surface area (Å²) in [6, 6.07) is 0. The molecule has 0 bridgehead atoms. The Kier molecular flexibility index (Phi) is 2.75. The predicted octanol–water partition coefficient (Wildman–Crippen LogP) is 2.32. The molecule has 1 rings (SSSR count). The van der Waals surface area contributed by atoms with Crippen LogP contribution in [0, 0.1) is 5.92 Å². The molecule has 1 fully saturated rings. The number of halogens is 2. The molecule has 11 heavy (non-hydrogen) atoms. The van der Waals surface area contributed by atoms with E-state index < -0.39 is 5.92 Å². The smallest absolute Gasteiger partial charge is 0.248 e. The second kappa shape index (κ2) is 3.27. The SMILES string of the molecule is CC(S)OCC1CC(F)(F)C1. The highest BCUT2D eigenvalue weighted by Gasteiger charge is 2.45. The van der Waals surface area contributed by atoms with Crippen molar-refractivity contribution in [1.82, 2.24) is 0 Å². The first-order valence-electron chi connectivity index (χ1n) is 3.67. The van der Waals surface area contributed by atoms with Gasteiger partial charge in [0.2, 0.25) is 5.92 Å². The minimum absolute atomic E-state index is 0.0203. The highest BCUT2D eigenvalue weighted by molar-refractivity contribution is 7.80. The van der Waals surface area contributed by atoms with Gasteiger partial charge in [-0.15, -0.1) is 12.6 Å². The van der Waals surface area contributed by atoms with Crippen LogP contribution in [-0.4, -0.2) is 18.0 Å². The monoisotopic (exact) mass is 182 g/mol. The summed E-state index contributed by atoms with van der Waals surface area (Å²) in [5, 5.41) is 0. The number of thiol groups is 1. The number of hydrogen-bond acceptors (Lipinski definition) is 2. The van der Waals surface area contributed by atoms with Crippen molar-refractivity contribution >= 4 is 12.6 Å². The van der Waals surface area contributed by atoms with Gasteiger partial charge < -0.3 is 4.74 Å². The molecule has 0 saturated heterocycles. The highest BCUT2D eigenvalue weighted by Crippen LogP contribution is 2.42. The molecule has 1 aliphatic carbocycles. The van der Waals surface area contributed by atoms with E-state index in [9.17, 15) is 8.78 Å². The minimum atomic E-state index is -2.42. The lowest BCUT2D eigenvalue weighted by Crippen LogP contribution is -2.38. The predicted molar refractivity (Wildman–Crippen MR) is 42.1 cm³/mol. The lowest BCUT2D eigenvalue weighted by molar-refractivity contribution is -0.129. The topological polar surface area (TPSA) is 9.23 Å². The Morgan fingerprint density at radius 1 is 1.64 bits per heavy atom. The molecule has 1 atom stereocenters. The third-order valence-corrected chi connectivity index (χ3v) is 1.90. The summed E-state index contributed by atoms with van der Waals surface area (Å²) in [4.78, 5) is 0. The number of hydrogen-bond donors (Lipinski definition) is 1. The summed E-state index contributed by atoms with van der Waals surface area (Å²) < 4.78 is 29.5. The average molecular weight is 182 g/mol. The molecule has 0 aliphatic heterocycles. The Labute approximate surface area is 70.5 Å². The molecule has 0 aromatic heterocycles. The summed E-state index contributed by atoms with van der Waals surface area (Å²) >= 11 is 3.97. The lowest BCUT2D eigenvalue weighted by atomic mass is 9.82. The molecule has 4 heteroatoms. The Morgan fingerprint density at radius 2 is 2.18 bits per heavy atom. The van der Waals surface area contributed by atoms with Gasteiger partial charge in [0.1, 0.15) is 0 Å². The molecule has 1 aliphatic rings. The highest BCUT2D eigenvalue weighted by atomic mass is 32.1. The van der Waals surface area contributed by atoms with Crippen LogP contribution in [0.15, 0.2) is 0 Å². The fourth-order valence-corrected chi connectivity index (χ4v) is 1.26. The Balaban J connectivity index is 2.05. The van der Waals surface area contributed by atoms with E-state index in [0.29, 0.717) is 6.61 Å². The number of alkyl halides is 2. The number of ether oxygens (including phenoxy) is 1. The third-order valence-electron chi connectivity index (χ3n) is 1.75. The lowest BCUT2D eigenvalue weighted by Gasteiger charge is -2.34. The van der Waals surface area contributed by atoms with Gasteiger partial charge in [-0.3, -0.25) is 0 Å². The van der Waals surface area contributed by atoms with Crippen molar-refractivity contribution in [3.05, 3.63) is 0 Å². The quantitative estimate of drug-likeness (QED) is 0.520. The van der Waals surface area contributed by atoms with Crippen LogP contribution in [-0.2, 0) is 4.74 Å². The fourth-order valence-electron chi connectivity index (χ4n) is 1.18. The molecule has 1 saturated carbocycles. The standard InChI is InChI=1S/C7H12F2OS/c1-5(11)10-4-6-2-7(8,9)3-6/h5-6,11H,2-4H2,1H3. The van der Waals surface area contributed by atoms with Gasteiger partial charge in [-0.1, -0.05) is 0 Å². The van der Waals surface area contributed by atoms with Gasteiger partial charge in [-0.2, -0.15) is 0 Å². The van der Waals surface area contributed by atoms with E-state index in [0.717, 1.165) is 0 Å². The zero-order valence-corrected chi connectivity index (χ0v) is 7.28. The van der Waals surface area contributed by atoms with E-state index in [4.69, 9.17) is 4.74 Å². The number of rotatable bonds is 3. The van der Waals surface area contributed by atoms with E-state index in [1.807, 2.05) is 0 Å². The first kappa shape index (κ1) is 9.26. The maximum Gasteiger partial charge on any atom is 0.248 e. The molecule has 0 radical (unpaired) electrons. The van der Waals surface area contributed by atoms with Crippen LogP contribution < -0.4 is 0 Å². The largest absolute Gasteiger partial charge is 0.368 e. The van der Waals surface area contributed by atoms with E-state index >= 15 is 0 Å². The zero-order chi connectivity index (χ0) is 8.48. The summed E-state index contributed by atoms with van der Waals surface area (Å²) in [6.07, 6.45) is -0.0407. The van der Waals surface area contributed by atoms with Crippen LogP contribution in [0.4, 0.5) is 8.78 Å². The van der Waals surface area contributed by atoms with Gasteiger partial charge in [0.05, 0.1) is 12.0 Å². The van der Waals surface area contributed by atoms with E-state index in [-0.39, 0.29) is 24.2 Å². The van der Waals surface area contributed by atoms with Crippen molar-refractivity contribution in [3.63, 3.8) is 0 Å². The van der Waals surface area contributed by atoms with Crippen molar-refractivity contribution in [1.29, 1.82) is 0 Å². The molecule has 0 heterocycles. The van der Waals surface area contributed by atoms with Gasteiger partial charge in [-0.25, -0.2) is 8.78 Å². The molecule has 66 valence electrons. The van der Waals surface area contributed by atoms with Crippen LogP contribution in [0.5, 0.6) is 0 Å². The summed E-state index contributed by atoms with van der Waals surface area (Å²) in [6.45, 7) is 2.19. The Hall–Kier alpha value is 0.170. The molecular formula is C7H12F2OS. The molecule has 1 nitrogen and oxygen atoms in total. The van der Waals surface area contributed by atoms with Crippen molar-refractivity contribution in [3.8, 4) is 0 Å². The molecule has 0 amide bonds. The second-order valence-electron chi connectivity index (χ2n) is 3.06. The van der Waals surface area contributed by atoms with Crippen LogP contribution in [0.1, 0.15) is 19.8 Å². The molecule has 0 aromatic carbocycles. The maximum absolute atomic E-state index is 12.2. The average Bonchev–Trinajstić information content (AvgIpc) is 1.78. The van der Waals surface area contributed by atoms with Crippen molar-refractivity contribution < 1.29 is 13.5 Å². The first-order chi connectivity index (χ1) is 4.99. The van der Waals surface area contributed by atoms with Gasteiger partial charge in [-0.05, 0) is 12.8 Å². The van der Waals surface area contributed by atoms with Crippen LogP contribution in [0.2, 0.25) is 0 Å². The zero-order valence-electron chi connectivity index (χ0n) is 6.39. The normalized spacial score (nSPS) is 26.2. The fraction of sp³-hybridized carbons (Fsp3) is 1.00. The Morgan fingerprint density at radius 3 is 2.55 bits per heavy atom. The van der Waals surface area contributed by atoms with Crippen LogP contribution >= 0.6 is 12.6 Å². The van der Waals surface area contributed by atoms with E-state index in [1.54, 1.807) is 6.92 Å². The van der Waals surface area contributed by atoms with Gasteiger partial charge in [0.15, 0.2) is 0 Å². The minimum Gasteiger partial charge on any atom is -0.368 e. The summed E-state index contributed by atoms with van der Waals surface area (Å²) in [5.41, 5.74) is -0.149. The maximum atomic E-state index is 12.2. The van der Waals surface area contributed by atoms with Crippen molar-refractivity contribution in [2.24, 2.45) is 5.92 Å². The van der Waals surface area contributed by atoms with E-state index in [1.165, 1.54) is 0 Å². The third kappa shape index (κ3) is 2.95. The van der Waals surface area contributed by atoms with Gasteiger partial charge in [0.25, 0.3) is 0 Å². The summed E-state index contributed by atoms with van der Waals surface area (Å²) in [5.74, 6) is -2.38. The molecule has 0 N–H and O–H groups in total. The first-order valence-corrected chi connectivity index (χ1v) is 4.19. The van der Waals surface area contributed by atoms with Crippen molar-refractivity contribution in [2.45, 2.75) is 31.1 Å². The molecule has 0 aromatic rings. The van der Waals surface area contributed by atoms with Crippen LogP contribution in [0.25, 0.3) is 0 Å². The van der Waals surface area contributed by atoms with Gasteiger partial charge >= 0.3 is 0 Å². The van der Waals surface area contributed by atoms with Crippen LogP contribution in [0.3, 0.4) is 0 Å².